The Morgan fingerprint density at radius 1 is 0.923 bits per heavy atom. The minimum Gasteiger partial charge on any atom is -0.206 e. The van der Waals surface area contributed by atoms with E-state index in [0.717, 1.165) is 6.07 Å². The van der Waals surface area contributed by atoms with Crippen molar-refractivity contribution in [3.63, 3.8) is 0 Å². The molecule has 1 aromatic rings. The third kappa shape index (κ3) is 1.85. The van der Waals surface area contributed by atoms with Crippen molar-refractivity contribution in [1.82, 2.24) is 0 Å². The van der Waals surface area contributed by atoms with Gasteiger partial charge in [0.05, 0.1) is 5.56 Å². The lowest BCUT2D eigenvalue weighted by molar-refractivity contribution is 0.407. The van der Waals surface area contributed by atoms with Crippen LogP contribution in [0.4, 0.5) is 22.0 Å². The Hall–Kier alpha value is -1.39. The van der Waals surface area contributed by atoms with Gasteiger partial charge in [-0.25, -0.2) is 13.2 Å². The van der Waals surface area contributed by atoms with E-state index in [9.17, 15) is 22.0 Å². The summed E-state index contributed by atoms with van der Waals surface area (Å²) >= 11 is 0. The highest BCUT2D eigenvalue weighted by Gasteiger charge is 2.17. The van der Waals surface area contributed by atoms with E-state index in [2.05, 4.69) is 0 Å². The SMILES string of the molecule is FC(F)=C(F)c1c(F)cccc1F. The topological polar surface area (TPSA) is 0 Å². The minimum atomic E-state index is -2.75. The van der Waals surface area contributed by atoms with Crippen LogP contribution in [0.25, 0.3) is 5.83 Å². The third-order valence-electron chi connectivity index (χ3n) is 1.35. The molecule has 0 amide bonds. The van der Waals surface area contributed by atoms with Crippen molar-refractivity contribution in [3.05, 3.63) is 41.5 Å². The molecule has 13 heavy (non-hydrogen) atoms. The Labute approximate surface area is 70.3 Å². The highest BCUT2D eigenvalue weighted by molar-refractivity contribution is 5.60. The molecule has 0 aliphatic heterocycles. The summed E-state index contributed by atoms with van der Waals surface area (Å²) in [6.07, 6.45) is -2.75. The van der Waals surface area contributed by atoms with Crippen LogP contribution in [0.15, 0.2) is 24.3 Å². The van der Waals surface area contributed by atoms with Gasteiger partial charge in [-0.3, -0.25) is 0 Å². The van der Waals surface area contributed by atoms with Crippen LogP contribution in [0.5, 0.6) is 0 Å². The molecule has 0 aromatic heterocycles. The van der Waals surface area contributed by atoms with Gasteiger partial charge >= 0.3 is 6.08 Å². The van der Waals surface area contributed by atoms with Crippen molar-refractivity contribution in [2.24, 2.45) is 0 Å². The maximum Gasteiger partial charge on any atom is 0.306 e. The van der Waals surface area contributed by atoms with Gasteiger partial charge in [0.15, 0.2) is 0 Å². The maximum absolute atomic E-state index is 12.6. The van der Waals surface area contributed by atoms with Crippen LogP contribution in [-0.2, 0) is 0 Å². The summed E-state index contributed by atoms with van der Waals surface area (Å²) in [6.45, 7) is 0. The second-order valence-electron chi connectivity index (χ2n) is 2.17. The number of halogens is 5. The first kappa shape index (κ1) is 9.70. The molecule has 0 spiro atoms. The van der Waals surface area contributed by atoms with Crippen molar-refractivity contribution < 1.29 is 22.0 Å². The third-order valence-corrected chi connectivity index (χ3v) is 1.35. The molecule has 0 unspecified atom stereocenters. The average Bonchev–Trinajstić information content (AvgIpc) is 2.03. The quantitative estimate of drug-likeness (QED) is 0.600. The highest BCUT2D eigenvalue weighted by Crippen LogP contribution is 2.26. The fourth-order valence-electron chi connectivity index (χ4n) is 0.802. The molecule has 5 heteroatoms. The second kappa shape index (κ2) is 3.55. The zero-order valence-electron chi connectivity index (χ0n) is 6.12. The molecule has 0 radical (unpaired) electrons. The fraction of sp³-hybridized carbons (Fsp3) is 0. The Balaban J connectivity index is 3.37. The molecule has 0 fully saturated rings. The Bertz CT molecular complexity index is 331. The zero-order valence-corrected chi connectivity index (χ0v) is 6.12. The lowest BCUT2D eigenvalue weighted by Gasteiger charge is -1.99. The van der Waals surface area contributed by atoms with E-state index in [0.29, 0.717) is 12.1 Å². The molecular formula is C8H3F5. The maximum atomic E-state index is 12.6. The van der Waals surface area contributed by atoms with E-state index >= 15 is 0 Å². The molecular weight excluding hydrogens is 191 g/mol. The van der Waals surface area contributed by atoms with Gasteiger partial charge in [-0.2, -0.15) is 8.78 Å². The van der Waals surface area contributed by atoms with Crippen LogP contribution in [0.1, 0.15) is 5.56 Å². The summed E-state index contributed by atoms with van der Waals surface area (Å²) in [5.41, 5.74) is -1.33. The lowest BCUT2D eigenvalue weighted by Crippen LogP contribution is -1.91. The van der Waals surface area contributed by atoms with E-state index in [4.69, 9.17) is 0 Å². The summed E-state index contributed by atoms with van der Waals surface area (Å²) in [6, 6.07) is 2.35. The van der Waals surface area contributed by atoms with Crippen LogP contribution in [0, 0.1) is 11.6 Å². The lowest BCUT2D eigenvalue weighted by atomic mass is 10.2. The van der Waals surface area contributed by atoms with Crippen molar-refractivity contribution in [3.8, 4) is 0 Å². The van der Waals surface area contributed by atoms with E-state index in [1.165, 1.54) is 0 Å². The van der Waals surface area contributed by atoms with Gasteiger partial charge in [0.2, 0.25) is 5.83 Å². The predicted octanol–water partition coefficient (Wildman–Crippen LogP) is 3.50. The first-order valence-electron chi connectivity index (χ1n) is 3.19. The van der Waals surface area contributed by atoms with Crippen LogP contribution in [-0.4, -0.2) is 0 Å². The van der Waals surface area contributed by atoms with Crippen molar-refractivity contribution in [2.45, 2.75) is 0 Å². The number of rotatable bonds is 1. The first-order chi connectivity index (χ1) is 6.04. The molecule has 0 nitrogen and oxygen atoms in total. The summed E-state index contributed by atoms with van der Waals surface area (Å²) in [7, 11) is 0. The van der Waals surface area contributed by atoms with Crippen molar-refractivity contribution in [1.29, 1.82) is 0 Å². The van der Waals surface area contributed by atoms with Crippen LogP contribution in [0.3, 0.4) is 0 Å². The fourth-order valence-corrected chi connectivity index (χ4v) is 0.802. The summed E-state index contributed by atoms with van der Waals surface area (Å²) in [5, 5.41) is 0. The van der Waals surface area contributed by atoms with Crippen LogP contribution < -0.4 is 0 Å². The van der Waals surface area contributed by atoms with Gasteiger partial charge in [-0.1, -0.05) is 6.07 Å². The number of hydrogen-bond donors (Lipinski definition) is 0. The normalized spacial score (nSPS) is 9.92. The van der Waals surface area contributed by atoms with Gasteiger partial charge in [0, 0.05) is 0 Å². The van der Waals surface area contributed by atoms with Gasteiger partial charge in [-0.15, -0.1) is 0 Å². The van der Waals surface area contributed by atoms with E-state index in [1.54, 1.807) is 0 Å². The van der Waals surface area contributed by atoms with E-state index in [-0.39, 0.29) is 0 Å². The van der Waals surface area contributed by atoms with E-state index in [1.807, 2.05) is 0 Å². The van der Waals surface area contributed by atoms with Crippen LogP contribution in [0.2, 0.25) is 0 Å². The van der Waals surface area contributed by atoms with Crippen molar-refractivity contribution >= 4 is 5.83 Å². The number of benzene rings is 1. The largest absolute Gasteiger partial charge is 0.306 e. The minimum absolute atomic E-state index is 0.695. The predicted molar refractivity (Wildman–Crippen MR) is 36.6 cm³/mol. The molecule has 0 heterocycles. The van der Waals surface area contributed by atoms with Crippen LogP contribution >= 0.6 is 0 Å². The molecule has 0 N–H and O–H groups in total. The molecule has 1 rings (SSSR count). The monoisotopic (exact) mass is 194 g/mol. The van der Waals surface area contributed by atoms with E-state index < -0.39 is 29.1 Å². The Morgan fingerprint density at radius 2 is 1.38 bits per heavy atom. The van der Waals surface area contributed by atoms with Gasteiger partial charge in [-0.05, 0) is 12.1 Å². The molecule has 1 aromatic carbocycles. The standard InChI is InChI=1S/C8H3F5/c9-4-2-1-3-5(10)6(4)7(11)8(12)13/h1-3H. The van der Waals surface area contributed by atoms with Gasteiger partial charge in [0.1, 0.15) is 11.6 Å². The molecule has 0 saturated carbocycles. The van der Waals surface area contributed by atoms with Crippen molar-refractivity contribution in [2.75, 3.05) is 0 Å². The smallest absolute Gasteiger partial charge is 0.206 e. The summed E-state index contributed by atoms with van der Waals surface area (Å²) < 4.78 is 60.9. The molecule has 0 aliphatic rings. The summed E-state index contributed by atoms with van der Waals surface area (Å²) in [4.78, 5) is 0. The van der Waals surface area contributed by atoms with Gasteiger partial charge < -0.3 is 0 Å². The second-order valence-corrected chi connectivity index (χ2v) is 2.17. The number of hydrogen-bond acceptors (Lipinski definition) is 0. The zero-order chi connectivity index (χ0) is 10.0. The molecule has 0 saturated heterocycles. The Morgan fingerprint density at radius 3 is 1.77 bits per heavy atom. The Kier molecular flexibility index (Phi) is 2.65. The highest BCUT2D eigenvalue weighted by atomic mass is 19.3. The molecule has 0 aliphatic carbocycles. The van der Waals surface area contributed by atoms with Gasteiger partial charge in [0.25, 0.3) is 0 Å². The first-order valence-corrected chi connectivity index (χ1v) is 3.19. The molecule has 0 atom stereocenters. The average molecular weight is 194 g/mol. The molecule has 70 valence electrons. The summed E-state index contributed by atoms with van der Waals surface area (Å²) in [5.74, 6) is -4.88. The molecule has 0 bridgehead atoms.